The highest BCUT2D eigenvalue weighted by molar-refractivity contribution is 6.18. The maximum absolute atomic E-state index is 13.4. The zero-order chi connectivity index (χ0) is 19.5. The van der Waals surface area contributed by atoms with E-state index in [4.69, 9.17) is 0 Å². The first-order chi connectivity index (χ1) is 14.2. The summed E-state index contributed by atoms with van der Waals surface area (Å²) in [5.74, 6) is 0. The summed E-state index contributed by atoms with van der Waals surface area (Å²) in [7, 11) is 0. The van der Waals surface area contributed by atoms with Gasteiger partial charge in [-0.25, -0.2) is 4.40 Å². The lowest BCUT2D eigenvalue weighted by molar-refractivity contribution is 1.09. The van der Waals surface area contributed by atoms with Gasteiger partial charge in [0.05, 0.1) is 5.52 Å². The van der Waals surface area contributed by atoms with Crippen LogP contribution in [0.25, 0.3) is 49.0 Å². The second kappa shape index (κ2) is 5.76. The van der Waals surface area contributed by atoms with Crippen LogP contribution in [0.2, 0.25) is 0 Å². The molecule has 0 aliphatic rings. The summed E-state index contributed by atoms with van der Waals surface area (Å²) in [6, 6.07) is 29.4. The molecule has 6 rings (SSSR count). The van der Waals surface area contributed by atoms with Crippen LogP contribution >= 0.6 is 0 Å². The third kappa shape index (κ3) is 2.13. The summed E-state index contributed by atoms with van der Waals surface area (Å²) in [5, 5.41) is 4.70. The van der Waals surface area contributed by atoms with Gasteiger partial charge >= 0.3 is 0 Å². The number of aromatic nitrogens is 1. The maximum Gasteiger partial charge on any atom is 0.266 e. The molecule has 0 N–H and O–H groups in total. The van der Waals surface area contributed by atoms with Crippen LogP contribution in [0.3, 0.4) is 0 Å². The monoisotopic (exact) mass is 373 g/mol. The molecule has 2 heterocycles. The van der Waals surface area contributed by atoms with E-state index in [1.165, 1.54) is 4.40 Å². The minimum atomic E-state index is -0.265. The van der Waals surface area contributed by atoms with Gasteiger partial charge in [-0.1, -0.05) is 72.8 Å². The van der Waals surface area contributed by atoms with Crippen molar-refractivity contribution in [1.29, 1.82) is 0 Å². The number of hydrogen-bond donors (Lipinski definition) is 0. The lowest BCUT2D eigenvalue weighted by atomic mass is 9.97. The van der Waals surface area contributed by atoms with E-state index in [1.807, 2.05) is 66.7 Å². The van der Waals surface area contributed by atoms with E-state index in [2.05, 4.69) is 18.2 Å². The number of benzene rings is 4. The molecule has 0 saturated carbocycles. The summed E-state index contributed by atoms with van der Waals surface area (Å²) < 4.78 is 1.34. The Morgan fingerprint density at radius 1 is 0.448 bits per heavy atom. The Labute approximate surface area is 165 Å². The van der Waals surface area contributed by atoms with Gasteiger partial charge in [-0.15, -0.1) is 0 Å². The highest BCUT2D eigenvalue weighted by Gasteiger charge is 2.16. The van der Waals surface area contributed by atoms with Crippen LogP contribution in [-0.2, 0) is 0 Å². The number of rotatable bonds is 1. The van der Waals surface area contributed by atoms with E-state index >= 15 is 0 Å². The Morgan fingerprint density at radius 2 is 1.03 bits per heavy atom. The van der Waals surface area contributed by atoms with Crippen molar-refractivity contribution in [3.63, 3.8) is 0 Å². The third-order valence-electron chi connectivity index (χ3n) is 5.76. The zero-order valence-electron chi connectivity index (χ0n) is 15.4. The Kier molecular flexibility index (Phi) is 3.18. The van der Waals surface area contributed by atoms with E-state index in [-0.39, 0.29) is 11.1 Å². The first kappa shape index (κ1) is 16.0. The van der Waals surface area contributed by atoms with Crippen LogP contribution in [0.15, 0.2) is 101 Å². The maximum atomic E-state index is 13.4. The molecule has 6 aromatic rings. The number of nitrogens with zero attached hydrogens (tertiary/aromatic N) is 1. The first-order valence-corrected chi connectivity index (χ1v) is 9.55. The predicted octanol–water partition coefficient (Wildman–Crippen LogP) is 5.22. The normalized spacial score (nSPS) is 11.7. The van der Waals surface area contributed by atoms with Crippen LogP contribution in [0.5, 0.6) is 0 Å². The minimum Gasteiger partial charge on any atom is -0.268 e. The van der Waals surface area contributed by atoms with Gasteiger partial charge in [0.15, 0.2) is 0 Å². The van der Waals surface area contributed by atoms with Crippen LogP contribution < -0.4 is 11.1 Å². The van der Waals surface area contributed by atoms with Crippen molar-refractivity contribution in [2.75, 3.05) is 0 Å². The van der Waals surface area contributed by atoms with Crippen molar-refractivity contribution < 1.29 is 0 Å². The summed E-state index contributed by atoms with van der Waals surface area (Å²) >= 11 is 0. The molecule has 0 fully saturated rings. The van der Waals surface area contributed by atoms with Gasteiger partial charge in [-0.3, -0.25) is 9.59 Å². The highest BCUT2D eigenvalue weighted by atomic mass is 16.2. The molecule has 0 amide bonds. The fourth-order valence-corrected chi connectivity index (χ4v) is 4.42. The van der Waals surface area contributed by atoms with E-state index in [0.29, 0.717) is 16.3 Å². The Morgan fingerprint density at radius 3 is 1.79 bits per heavy atom. The predicted molar refractivity (Wildman–Crippen MR) is 119 cm³/mol. The lowest BCUT2D eigenvalue weighted by Crippen LogP contribution is -2.27. The SMILES string of the molecule is O=c1c2ccccc2c2cccc3c4cc(-c5ccccc5)ccc4c(=O)n1c23. The van der Waals surface area contributed by atoms with Crippen molar-refractivity contribution in [2.24, 2.45) is 0 Å². The molecule has 3 nitrogen and oxygen atoms in total. The van der Waals surface area contributed by atoms with Crippen LogP contribution in [0, 0.1) is 0 Å². The second-order valence-electron chi connectivity index (χ2n) is 7.32. The molecule has 0 spiro atoms. The summed E-state index contributed by atoms with van der Waals surface area (Å²) in [5.41, 5.74) is 2.31. The molecule has 0 aliphatic heterocycles. The topological polar surface area (TPSA) is 38.5 Å². The Bertz CT molecular complexity index is 1680. The fourth-order valence-electron chi connectivity index (χ4n) is 4.42. The second-order valence-corrected chi connectivity index (χ2v) is 7.32. The van der Waals surface area contributed by atoms with Crippen LogP contribution in [0.4, 0.5) is 0 Å². The fraction of sp³-hybridized carbons (Fsp3) is 0. The van der Waals surface area contributed by atoms with Gasteiger partial charge in [0.2, 0.25) is 0 Å². The van der Waals surface area contributed by atoms with Crippen molar-refractivity contribution in [1.82, 2.24) is 4.40 Å². The average Bonchev–Trinajstić information content (AvgIpc) is 2.79. The van der Waals surface area contributed by atoms with E-state index in [1.54, 1.807) is 6.07 Å². The minimum absolute atomic E-state index is 0.261. The molecule has 29 heavy (non-hydrogen) atoms. The van der Waals surface area contributed by atoms with Gasteiger partial charge in [0.25, 0.3) is 11.1 Å². The van der Waals surface area contributed by atoms with Gasteiger partial charge in [-0.2, -0.15) is 0 Å². The standard InChI is InChI=1S/C26H15NO2/c28-25-21-10-5-4-9-18(21)19-11-6-12-20-23-15-17(16-7-2-1-3-8-16)13-14-22(23)26(29)27(25)24(19)20/h1-15H. The summed E-state index contributed by atoms with van der Waals surface area (Å²) in [6.45, 7) is 0. The molecule has 3 heteroatoms. The summed E-state index contributed by atoms with van der Waals surface area (Å²) in [6.07, 6.45) is 0. The molecular formula is C26H15NO2. The number of hydrogen-bond acceptors (Lipinski definition) is 2. The van der Waals surface area contributed by atoms with E-state index < -0.39 is 0 Å². The Balaban J connectivity index is 1.88. The lowest BCUT2D eigenvalue weighted by Gasteiger charge is -2.13. The quantitative estimate of drug-likeness (QED) is 0.293. The van der Waals surface area contributed by atoms with Crippen LogP contribution in [0.1, 0.15) is 0 Å². The number of para-hydroxylation sites is 1. The van der Waals surface area contributed by atoms with Crippen molar-refractivity contribution in [2.45, 2.75) is 0 Å². The van der Waals surface area contributed by atoms with Crippen molar-refractivity contribution >= 4 is 37.8 Å². The average molecular weight is 373 g/mol. The van der Waals surface area contributed by atoms with Crippen molar-refractivity contribution in [3.05, 3.63) is 112 Å². The first-order valence-electron chi connectivity index (χ1n) is 9.55. The largest absolute Gasteiger partial charge is 0.268 e. The molecule has 0 radical (unpaired) electrons. The molecule has 136 valence electrons. The van der Waals surface area contributed by atoms with Crippen molar-refractivity contribution in [3.8, 4) is 11.1 Å². The molecule has 0 atom stereocenters. The smallest absolute Gasteiger partial charge is 0.266 e. The molecule has 2 aromatic heterocycles. The van der Waals surface area contributed by atoms with Crippen LogP contribution in [-0.4, -0.2) is 4.40 Å². The van der Waals surface area contributed by atoms with E-state index in [9.17, 15) is 9.59 Å². The zero-order valence-corrected chi connectivity index (χ0v) is 15.4. The van der Waals surface area contributed by atoms with E-state index in [0.717, 1.165) is 32.7 Å². The Hall–Kier alpha value is -3.98. The number of pyridine rings is 2. The molecule has 0 saturated heterocycles. The van der Waals surface area contributed by atoms with Gasteiger partial charge in [-0.05, 0) is 40.1 Å². The number of fused-ring (bicyclic) bond motifs is 4. The van der Waals surface area contributed by atoms with Gasteiger partial charge in [0, 0.05) is 21.5 Å². The molecule has 0 bridgehead atoms. The highest BCUT2D eigenvalue weighted by Crippen LogP contribution is 2.32. The summed E-state index contributed by atoms with van der Waals surface area (Å²) in [4.78, 5) is 26.6. The molecule has 0 aliphatic carbocycles. The molecular weight excluding hydrogens is 358 g/mol. The van der Waals surface area contributed by atoms with Gasteiger partial charge in [0.1, 0.15) is 0 Å². The molecule has 4 aromatic carbocycles. The van der Waals surface area contributed by atoms with Gasteiger partial charge < -0.3 is 0 Å². The molecule has 0 unspecified atom stereocenters. The third-order valence-corrected chi connectivity index (χ3v) is 5.76.